The van der Waals surface area contributed by atoms with Gasteiger partial charge in [-0.25, -0.2) is 0 Å². The van der Waals surface area contributed by atoms with Gasteiger partial charge in [0.1, 0.15) is 0 Å². The number of fused-ring (bicyclic) bond motifs is 1. The minimum absolute atomic E-state index is 0.0290. The minimum atomic E-state index is -0.188. The Bertz CT molecular complexity index is 626. The highest BCUT2D eigenvalue weighted by molar-refractivity contribution is 7.19. The molecule has 0 unspecified atom stereocenters. The fraction of sp³-hybridized carbons (Fsp3) is 0.438. The highest BCUT2D eigenvalue weighted by Crippen LogP contribution is 2.31. The van der Waals surface area contributed by atoms with Gasteiger partial charge < -0.3 is 10.4 Å². The predicted molar refractivity (Wildman–Crippen MR) is 82.3 cm³/mol. The number of hydrogen-bond acceptors (Lipinski definition) is 3. The summed E-state index contributed by atoms with van der Waals surface area (Å²) in [6, 6.07) is 8.24. The smallest absolute Gasteiger partial charge is 0.253 e. The molecule has 1 amide bonds. The van der Waals surface area contributed by atoms with Gasteiger partial charge in [0.15, 0.2) is 0 Å². The molecule has 3 rings (SSSR count). The molecule has 4 heteroatoms. The lowest BCUT2D eigenvalue weighted by Crippen LogP contribution is -2.38. The van der Waals surface area contributed by atoms with Gasteiger partial charge in [-0.2, -0.15) is 0 Å². The summed E-state index contributed by atoms with van der Waals surface area (Å²) in [5, 5.41) is 13.7. The molecule has 1 aliphatic carbocycles. The number of benzene rings is 1. The van der Waals surface area contributed by atoms with Gasteiger partial charge in [0.2, 0.25) is 0 Å². The molecule has 106 valence electrons. The monoisotopic (exact) mass is 289 g/mol. The van der Waals surface area contributed by atoms with Gasteiger partial charge in [-0.15, -0.1) is 11.3 Å². The number of hydrogen-bond donors (Lipinski definition) is 2. The molecule has 2 N–H and O–H groups in total. The maximum Gasteiger partial charge on any atom is 0.253 e. The lowest BCUT2D eigenvalue weighted by molar-refractivity contribution is 0.0869. The van der Waals surface area contributed by atoms with E-state index in [1.54, 1.807) is 11.3 Å². The first-order valence-electron chi connectivity index (χ1n) is 7.12. The highest BCUT2D eigenvalue weighted by atomic mass is 32.1. The van der Waals surface area contributed by atoms with E-state index in [9.17, 15) is 9.90 Å². The van der Waals surface area contributed by atoms with Crippen LogP contribution in [0.5, 0.6) is 0 Å². The molecule has 0 radical (unpaired) electrons. The zero-order valence-electron chi connectivity index (χ0n) is 11.6. The second kappa shape index (κ2) is 5.54. The van der Waals surface area contributed by atoms with Crippen LogP contribution in [-0.2, 0) is 0 Å². The van der Waals surface area contributed by atoms with Crippen LogP contribution in [-0.4, -0.2) is 23.2 Å². The molecule has 0 bridgehead atoms. The zero-order chi connectivity index (χ0) is 14.1. The summed E-state index contributed by atoms with van der Waals surface area (Å²) < 4.78 is 1.16. The first-order valence-corrected chi connectivity index (χ1v) is 7.94. The van der Waals surface area contributed by atoms with Crippen LogP contribution in [0, 0.1) is 6.92 Å². The van der Waals surface area contributed by atoms with E-state index < -0.39 is 0 Å². The predicted octanol–water partition coefficient (Wildman–Crippen LogP) is 3.24. The second-order valence-electron chi connectivity index (χ2n) is 5.51. The molecule has 1 aliphatic rings. The first-order chi connectivity index (χ1) is 9.65. The molecule has 1 heterocycles. The van der Waals surface area contributed by atoms with Crippen LogP contribution < -0.4 is 5.32 Å². The van der Waals surface area contributed by atoms with E-state index in [1.165, 1.54) is 0 Å². The van der Waals surface area contributed by atoms with E-state index in [0.717, 1.165) is 46.2 Å². The summed E-state index contributed by atoms with van der Waals surface area (Å²) in [6.45, 7) is 2.00. The van der Waals surface area contributed by atoms with Crippen molar-refractivity contribution in [3.05, 3.63) is 34.7 Å². The van der Waals surface area contributed by atoms with Crippen LogP contribution in [0.2, 0.25) is 0 Å². The number of thiophene rings is 1. The summed E-state index contributed by atoms with van der Waals surface area (Å²) in [4.78, 5) is 13.6. The summed E-state index contributed by atoms with van der Waals surface area (Å²) in [5.74, 6) is 0.0290. The SMILES string of the molecule is Cc1sc2ccccc2c1C(=O)NC1CCC(O)CC1. The van der Waals surface area contributed by atoms with E-state index in [0.29, 0.717) is 0 Å². The van der Waals surface area contributed by atoms with E-state index >= 15 is 0 Å². The molecule has 2 aromatic rings. The third-order valence-corrected chi connectivity index (χ3v) is 5.12. The largest absolute Gasteiger partial charge is 0.393 e. The quantitative estimate of drug-likeness (QED) is 0.891. The Hall–Kier alpha value is -1.39. The summed E-state index contributed by atoms with van der Waals surface area (Å²) in [5.41, 5.74) is 0.816. The lowest BCUT2D eigenvalue weighted by Gasteiger charge is -2.26. The van der Waals surface area contributed by atoms with Crippen LogP contribution >= 0.6 is 11.3 Å². The highest BCUT2D eigenvalue weighted by Gasteiger charge is 2.23. The summed E-state index contributed by atoms with van der Waals surface area (Å²) in [6.07, 6.45) is 3.12. The first kappa shape index (κ1) is 13.6. The molecule has 1 aromatic carbocycles. The number of carbonyl (C=O) groups excluding carboxylic acids is 1. The Kier molecular flexibility index (Phi) is 3.76. The zero-order valence-corrected chi connectivity index (χ0v) is 12.4. The Morgan fingerprint density at radius 3 is 2.70 bits per heavy atom. The molecular formula is C16H19NO2S. The maximum atomic E-state index is 12.5. The summed E-state index contributed by atoms with van der Waals surface area (Å²) >= 11 is 1.67. The molecule has 0 saturated heterocycles. The molecule has 20 heavy (non-hydrogen) atoms. The van der Waals surface area contributed by atoms with Crippen molar-refractivity contribution in [2.24, 2.45) is 0 Å². The number of amides is 1. The third-order valence-electron chi connectivity index (χ3n) is 4.03. The molecular weight excluding hydrogens is 270 g/mol. The van der Waals surface area contributed by atoms with Crippen molar-refractivity contribution in [2.75, 3.05) is 0 Å². The van der Waals surface area contributed by atoms with Gasteiger partial charge in [-0.3, -0.25) is 4.79 Å². The fourth-order valence-corrected chi connectivity index (χ4v) is 3.99. The Morgan fingerprint density at radius 1 is 1.25 bits per heavy atom. The van der Waals surface area contributed by atoms with Crippen LogP contribution in [0.4, 0.5) is 0 Å². The number of carbonyl (C=O) groups is 1. The Balaban J connectivity index is 1.80. The number of rotatable bonds is 2. The number of nitrogens with one attached hydrogen (secondary N) is 1. The van der Waals surface area contributed by atoms with Gasteiger partial charge in [-0.1, -0.05) is 18.2 Å². The minimum Gasteiger partial charge on any atom is -0.393 e. The van der Waals surface area contributed by atoms with Gasteiger partial charge in [0.05, 0.1) is 11.7 Å². The Morgan fingerprint density at radius 2 is 1.95 bits per heavy atom. The van der Waals surface area contributed by atoms with E-state index in [-0.39, 0.29) is 18.1 Å². The van der Waals surface area contributed by atoms with Gasteiger partial charge in [0, 0.05) is 21.0 Å². The van der Waals surface area contributed by atoms with Crippen LogP contribution in [0.25, 0.3) is 10.1 Å². The Labute approximate surface area is 122 Å². The van der Waals surface area contributed by atoms with Gasteiger partial charge in [-0.05, 0) is 38.7 Å². The number of aliphatic hydroxyl groups excluding tert-OH is 1. The van der Waals surface area contributed by atoms with Crippen molar-refractivity contribution in [3.63, 3.8) is 0 Å². The van der Waals surface area contributed by atoms with Crippen LogP contribution in [0.15, 0.2) is 24.3 Å². The lowest BCUT2D eigenvalue weighted by atomic mass is 9.93. The second-order valence-corrected chi connectivity index (χ2v) is 6.76. The normalized spacial score (nSPS) is 22.9. The molecule has 1 saturated carbocycles. The molecule has 0 aliphatic heterocycles. The van der Waals surface area contributed by atoms with Crippen molar-refractivity contribution in [1.29, 1.82) is 0 Å². The molecule has 0 spiro atoms. The average Bonchev–Trinajstić information content (AvgIpc) is 2.77. The number of aliphatic hydroxyl groups is 1. The maximum absolute atomic E-state index is 12.5. The van der Waals surface area contributed by atoms with E-state index in [2.05, 4.69) is 11.4 Å². The molecule has 0 atom stereocenters. The van der Waals surface area contributed by atoms with Crippen molar-refractivity contribution in [2.45, 2.75) is 44.8 Å². The molecule has 3 nitrogen and oxygen atoms in total. The van der Waals surface area contributed by atoms with Crippen molar-refractivity contribution >= 4 is 27.3 Å². The third kappa shape index (κ3) is 2.58. The van der Waals surface area contributed by atoms with Gasteiger partial charge in [0.25, 0.3) is 5.91 Å². The fourth-order valence-electron chi connectivity index (χ4n) is 2.93. The topological polar surface area (TPSA) is 49.3 Å². The van der Waals surface area contributed by atoms with Crippen molar-refractivity contribution < 1.29 is 9.90 Å². The van der Waals surface area contributed by atoms with Crippen LogP contribution in [0.1, 0.15) is 40.9 Å². The average molecular weight is 289 g/mol. The van der Waals surface area contributed by atoms with E-state index in [1.807, 2.05) is 25.1 Å². The van der Waals surface area contributed by atoms with Gasteiger partial charge >= 0.3 is 0 Å². The standard InChI is InChI=1S/C16H19NO2S/c1-10-15(13-4-2-3-5-14(13)20-10)16(19)17-11-6-8-12(18)9-7-11/h2-5,11-12,18H,6-9H2,1H3,(H,17,19). The van der Waals surface area contributed by atoms with Crippen LogP contribution in [0.3, 0.4) is 0 Å². The number of aryl methyl sites for hydroxylation is 1. The van der Waals surface area contributed by atoms with Crippen molar-refractivity contribution in [3.8, 4) is 0 Å². The summed E-state index contributed by atoms with van der Waals surface area (Å²) in [7, 11) is 0. The van der Waals surface area contributed by atoms with E-state index in [4.69, 9.17) is 0 Å². The van der Waals surface area contributed by atoms with Crippen molar-refractivity contribution in [1.82, 2.24) is 5.32 Å². The molecule has 1 fully saturated rings. The molecule has 1 aromatic heterocycles.